The number of benzene rings is 8. The van der Waals surface area contributed by atoms with E-state index in [1.807, 2.05) is 0 Å². The SMILES string of the molecule is CCc1cc(S(=O)(=O)O)cc(N=Nc2c(O)c(C(=O)Nc3cccc(OC)c3)cc3ccccc23)c1Cl.CCc1cc(S(=O)(=O)O)cc(N=Nc2c([O-])c(C([O-])=Nc3cccc(OC)c3)cc3ccccc23)c1Cl.[Ca+2]. The molecule has 0 heterocycles. The number of halogens is 2. The maximum absolute atomic E-state index is 13.4. The second-order valence-corrected chi connectivity index (χ2v) is 19.5. The molecule has 8 aromatic carbocycles. The quantitative estimate of drug-likeness (QED) is 0.0260. The van der Waals surface area contributed by atoms with Gasteiger partial charge in [-0.3, -0.25) is 18.9 Å². The van der Waals surface area contributed by atoms with E-state index in [0.717, 1.165) is 12.1 Å². The van der Waals surface area contributed by atoms with Gasteiger partial charge in [0, 0.05) is 28.6 Å². The monoisotopic (exact) mass is 1120 g/mol. The van der Waals surface area contributed by atoms with E-state index in [4.69, 9.17) is 32.7 Å². The van der Waals surface area contributed by atoms with Crippen LogP contribution in [-0.2, 0) is 33.1 Å². The first-order valence-corrected chi connectivity index (χ1v) is 25.6. The van der Waals surface area contributed by atoms with Gasteiger partial charge in [-0.15, -0.1) is 15.3 Å². The number of rotatable bonds is 14. The van der Waals surface area contributed by atoms with Crippen molar-refractivity contribution in [3.63, 3.8) is 0 Å². The molecule has 0 aliphatic carbocycles. The van der Waals surface area contributed by atoms with Gasteiger partial charge in [-0.2, -0.15) is 21.9 Å². The first-order valence-electron chi connectivity index (χ1n) is 22.0. The molecular weight excluding hydrogens is 1080 g/mol. The smallest absolute Gasteiger partial charge is 0.871 e. The maximum Gasteiger partial charge on any atom is 2.00 e. The number of aromatic hydroxyl groups is 1. The van der Waals surface area contributed by atoms with Crippen molar-refractivity contribution in [2.75, 3.05) is 19.5 Å². The van der Waals surface area contributed by atoms with Crippen LogP contribution in [0.25, 0.3) is 21.5 Å². The zero-order chi connectivity index (χ0) is 53.5. The number of carbonyl (C=O) groups is 1. The molecule has 75 heavy (non-hydrogen) atoms. The number of anilines is 1. The minimum atomic E-state index is -4.54. The number of aryl methyl sites for hydroxylation is 2. The molecule has 18 nitrogen and oxygen atoms in total. The van der Waals surface area contributed by atoms with E-state index in [0.29, 0.717) is 68.4 Å². The molecular formula is C52H42CaCl2N6O12S2. The molecule has 4 N–H and O–H groups in total. The first kappa shape index (κ1) is 57.6. The van der Waals surface area contributed by atoms with Gasteiger partial charge < -0.3 is 30.1 Å². The fraction of sp³-hybridized carbons (Fsp3) is 0.115. The number of hydrogen-bond acceptors (Lipinski definition) is 15. The van der Waals surface area contributed by atoms with Gasteiger partial charge in [0.05, 0.1) is 51.0 Å². The van der Waals surface area contributed by atoms with Crippen LogP contribution in [0.15, 0.2) is 169 Å². The maximum atomic E-state index is 13.4. The van der Waals surface area contributed by atoms with E-state index in [9.17, 15) is 46.1 Å². The van der Waals surface area contributed by atoms with Crippen LogP contribution < -0.4 is 25.0 Å². The second kappa shape index (κ2) is 24.7. The van der Waals surface area contributed by atoms with Crippen molar-refractivity contribution in [1.29, 1.82) is 0 Å². The van der Waals surface area contributed by atoms with Crippen LogP contribution in [0.1, 0.15) is 40.9 Å². The minimum absolute atomic E-state index is 0. The summed E-state index contributed by atoms with van der Waals surface area (Å²) >= 11 is 12.7. The standard InChI is InChI=1S/2C26H22ClN3O6S.Ca/c2*1-3-15-11-19(37(33,34)35)14-22(23(15)27)29-30-24-20-10-5-4-7-16(20)12-21(25(24)31)26(32)28-17-8-6-9-18(13-17)36-2;/h2*4-14,31H,3H2,1-2H3,(H,28,32)(H,33,34,35);/q;;+2/p-2. The molecule has 0 radical (unpaired) electrons. The van der Waals surface area contributed by atoms with Crippen LogP contribution in [0.4, 0.5) is 34.1 Å². The van der Waals surface area contributed by atoms with Gasteiger partial charge in [0.15, 0.2) is 5.75 Å². The van der Waals surface area contributed by atoms with Crippen molar-refractivity contribution in [1.82, 2.24) is 0 Å². The molecule has 23 heteroatoms. The number of aliphatic imine (C=N–C) groups is 1. The third-order valence-electron chi connectivity index (χ3n) is 11.1. The van der Waals surface area contributed by atoms with E-state index < -0.39 is 48.4 Å². The van der Waals surface area contributed by atoms with Crippen LogP contribution in [0.5, 0.6) is 23.0 Å². The summed E-state index contributed by atoms with van der Waals surface area (Å²) in [6.07, 6.45) is 0.731. The van der Waals surface area contributed by atoms with Crippen LogP contribution in [-0.4, -0.2) is 94.8 Å². The number of phenolic OH excluding ortho intramolecular Hbond substituents is 1. The molecule has 1 amide bonds. The Kier molecular flexibility index (Phi) is 19.0. The molecule has 8 aromatic rings. The van der Waals surface area contributed by atoms with E-state index in [-0.39, 0.29) is 86.6 Å². The first-order chi connectivity index (χ1) is 35.2. The number of amides is 1. The number of azo groups is 2. The Balaban J connectivity index is 0.000000241. The average molecular weight is 1120 g/mol. The van der Waals surface area contributed by atoms with Crippen molar-refractivity contribution in [3.8, 4) is 23.0 Å². The van der Waals surface area contributed by atoms with E-state index in [1.54, 1.807) is 111 Å². The molecule has 0 atom stereocenters. The van der Waals surface area contributed by atoms with Crippen LogP contribution in [0, 0.1) is 0 Å². The van der Waals surface area contributed by atoms with Gasteiger partial charge in [0.25, 0.3) is 26.1 Å². The van der Waals surface area contributed by atoms with Gasteiger partial charge in [-0.1, -0.05) is 103 Å². The Hall–Kier alpha value is -6.72. The van der Waals surface area contributed by atoms with Crippen LogP contribution >= 0.6 is 23.2 Å². The molecule has 0 fully saturated rings. The molecule has 0 aromatic heterocycles. The zero-order valence-corrected chi connectivity index (χ0v) is 45.5. The summed E-state index contributed by atoms with van der Waals surface area (Å²) in [5.41, 5.74) is 1.10. The van der Waals surface area contributed by atoms with Crippen molar-refractivity contribution < 1.29 is 55.5 Å². The van der Waals surface area contributed by atoms with Crippen molar-refractivity contribution >= 4 is 149 Å². The summed E-state index contributed by atoms with van der Waals surface area (Å²) in [5.74, 6) is -1.46. The van der Waals surface area contributed by atoms with Gasteiger partial charge in [0.2, 0.25) is 0 Å². The minimum Gasteiger partial charge on any atom is -0.871 e. The van der Waals surface area contributed by atoms with Gasteiger partial charge in [-0.05, 0) is 107 Å². The van der Waals surface area contributed by atoms with Gasteiger partial charge >= 0.3 is 37.7 Å². The Morgan fingerprint density at radius 2 is 1.11 bits per heavy atom. The van der Waals surface area contributed by atoms with E-state index in [2.05, 4.69) is 30.8 Å². The van der Waals surface area contributed by atoms with Gasteiger partial charge in [-0.25, -0.2) is 0 Å². The summed E-state index contributed by atoms with van der Waals surface area (Å²) in [6, 6.07) is 34.6. The molecule has 0 spiro atoms. The van der Waals surface area contributed by atoms with E-state index in [1.165, 1.54) is 38.5 Å². The molecule has 0 aliphatic rings. The third kappa shape index (κ3) is 13.6. The molecule has 8 rings (SSSR count). The predicted molar refractivity (Wildman–Crippen MR) is 285 cm³/mol. The van der Waals surface area contributed by atoms with E-state index >= 15 is 0 Å². The fourth-order valence-corrected chi connectivity index (χ4v) is 9.03. The molecule has 0 saturated heterocycles. The number of fused-ring (bicyclic) bond motifs is 2. The van der Waals surface area contributed by atoms with Crippen molar-refractivity contribution in [3.05, 3.63) is 166 Å². The van der Waals surface area contributed by atoms with Crippen molar-refractivity contribution in [2.45, 2.75) is 36.5 Å². The number of methoxy groups -OCH3 is 2. The van der Waals surface area contributed by atoms with Gasteiger partial charge in [0.1, 0.15) is 28.6 Å². The third-order valence-corrected chi connectivity index (χ3v) is 13.7. The Bertz CT molecular complexity index is 3830. The number of ether oxygens (including phenoxy) is 2. The number of hydrogen-bond donors (Lipinski definition) is 4. The average Bonchev–Trinajstić information content (AvgIpc) is 3.38. The predicted octanol–water partition coefficient (Wildman–Crippen LogP) is 11.5. The normalized spacial score (nSPS) is 11.9. The summed E-state index contributed by atoms with van der Waals surface area (Å²) < 4.78 is 76.2. The number of nitrogens with one attached hydrogen (secondary N) is 1. The summed E-state index contributed by atoms with van der Waals surface area (Å²) in [7, 11) is -6.07. The second-order valence-electron chi connectivity index (χ2n) is 15.9. The fourth-order valence-electron chi connectivity index (χ4n) is 7.36. The van der Waals surface area contributed by atoms with Crippen LogP contribution in [0.3, 0.4) is 0 Å². The summed E-state index contributed by atoms with van der Waals surface area (Å²) in [4.78, 5) is 16.3. The topological polar surface area (TPSA) is 284 Å². The largest absolute Gasteiger partial charge is 2.00 e. The molecule has 0 saturated carbocycles. The molecule has 0 unspecified atom stereocenters. The Labute approximate surface area is 470 Å². The summed E-state index contributed by atoms with van der Waals surface area (Å²) in [6.45, 7) is 3.51. The Morgan fingerprint density at radius 3 is 1.63 bits per heavy atom. The Morgan fingerprint density at radius 1 is 0.627 bits per heavy atom. The molecule has 380 valence electrons. The number of phenols is 1. The number of carbonyl (C=O) groups excluding carboxylic acids is 1. The number of nitrogens with zero attached hydrogens (tertiary/aromatic N) is 5. The molecule has 0 bridgehead atoms. The van der Waals surface area contributed by atoms with Crippen LogP contribution in [0.2, 0.25) is 10.0 Å². The molecule has 0 aliphatic heterocycles. The summed E-state index contributed by atoms with van der Waals surface area (Å²) in [5, 5.41) is 58.9. The zero-order valence-electron chi connectivity index (χ0n) is 40.1. The van der Waals surface area contributed by atoms with Crippen molar-refractivity contribution in [2.24, 2.45) is 25.4 Å².